The van der Waals surface area contributed by atoms with Crippen LogP contribution in [0.1, 0.15) is 11.7 Å². The molecule has 0 amide bonds. The molecule has 1 atom stereocenters. The summed E-state index contributed by atoms with van der Waals surface area (Å²) in [4.78, 5) is 0. The van der Waals surface area contributed by atoms with Gasteiger partial charge in [0, 0.05) is 0 Å². The van der Waals surface area contributed by atoms with Crippen LogP contribution in [0.5, 0.6) is 0 Å². The molecule has 37 heavy (non-hydrogen) atoms. The fourth-order valence-electron chi connectivity index (χ4n) is 5.02. The Balaban J connectivity index is 1.65. The number of hydrogen-bond acceptors (Lipinski definition) is 3. The van der Waals surface area contributed by atoms with E-state index in [2.05, 4.69) is 121 Å². The summed E-state index contributed by atoms with van der Waals surface area (Å²) in [6.45, 7) is 0.397. The highest BCUT2D eigenvalue weighted by molar-refractivity contribution is 7.04. The smallest absolute Gasteiger partial charge is 0.399 e. The first-order chi connectivity index (χ1) is 18.3. The minimum atomic E-state index is -3.30. The molecule has 5 aromatic rings. The molecule has 5 heteroatoms. The van der Waals surface area contributed by atoms with E-state index in [-0.39, 0.29) is 6.10 Å². The van der Waals surface area contributed by atoms with Gasteiger partial charge in [0.25, 0.3) is 0 Å². The average Bonchev–Trinajstić information content (AvgIpc) is 3.19. The van der Waals surface area contributed by atoms with E-state index in [1.54, 1.807) is 0 Å². The van der Waals surface area contributed by atoms with E-state index in [9.17, 15) is 0 Å². The van der Waals surface area contributed by atoms with Crippen LogP contribution in [0.2, 0.25) is 0 Å². The highest BCUT2D eigenvalue weighted by Gasteiger charge is 2.57. The Labute approximate surface area is 220 Å². The molecule has 1 aliphatic heterocycles. The molecule has 3 nitrogen and oxygen atoms in total. The summed E-state index contributed by atoms with van der Waals surface area (Å²) < 4.78 is 22.0. The number of rotatable bonds is 5. The quantitative estimate of drug-likeness (QED) is 0.326. The van der Waals surface area contributed by atoms with Crippen LogP contribution in [-0.4, -0.2) is 23.7 Å². The van der Waals surface area contributed by atoms with Gasteiger partial charge < -0.3 is 13.0 Å². The van der Waals surface area contributed by atoms with Crippen LogP contribution in [0.4, 0.5) is 0 Å². The van der Waals surface area contributed by atoms with Crippen molar-refractivity contribution in [3.05, 3.63) is 157 Å². The van der Waals surface area contributed by atoms with Crippen LogP contribution in [0.25, 0.3) is 0 Å². The Morgan fingerprint density at radius 1 is 0.432 bits per heavy atom. The third-order valence-electron chi connectivity index (χ3n) is 6.82. The zero-order valence-corrected chi connectivity index (χ0v) is 22.4. The lowest BCUT2D eigenvalue weighted by atomic mass is 10.1. The van der Waals surface area contributed by atoms with Gasteiger partial charge in [0.15, 0.2) is 0 Å². The molecule has 0 N–H and O–H groups in total. The van der Waals surface area contributed by atoms with Crippen molar-refractivity contribution in [1.29, 1.82) is 0 Å². The fraction of sp³-hybridized carbons (Fsp3) is 0.0625. The third kappa shape index (κ3) is 4.52. The molecule has 0 spiro atoms. The van der Waals surface area contributed by atoms with Crippen molar-refractivity contribution in [3.63, 3.8) is 0 Å². The monoisotopic (exact) mass is 516 g/mol. The number of benzene rings is 5. The second-order valence-corrected chi connectivity index (χ2v) is 15.2. The molecule has 5 aromatic carbocycles. The van der Waals surface area contributed by atoms with Crippen molar-refractivity contribution < 1.29 is 13.0 Å². The van der Waals surface area contributed by atoms with Crippen molar-refractivity contribution in [2.75, 3.05) is 6.61 Å². The molecule has 0 aliphatic carbocycles. The van der Waals surface area contributed by atoms with Gasteiger partial charge in [-0.2, -0.15) is 0 Å². The molecule has 0 radical (unpaired) electrons. The van der Waals surface area contributed by atoms with Crippen LogP contribution in [0.15, 0.2) is 152 Å². The van der Waals surface area contributed by atoms with Crippen molar-refractivity contribution in [2.24, 2.45) is 0 Å². The van der Waals surface area contributed by atoms with Crippen LogP contribution in [-0.2, 0) is 13.0 Å². The molecule has 1 aliphatic rings. The van der Waals surface area contributed by atoms with E-state index >= 15 is 0 Å². The van der Waals surface area contributed by atoms with Gasteiger partial charge in [0.1, 0.15) is 0 Å². The first kappa shape index (κ1) is 23.8. The molecule has 182 valence electrons. The molecule has 0 aromatic heterocycles. The molecule has 1 saturated heterocycles. The summed E-state index contributed by atoms with van der Waals surface area (Å²) in [7, 11) is -6.52. The Morgan fingerprint density at radius 3 is 1.19 bits per heavy atom. The Morgan fingerprint density at radius 2 is 0.784 bits per heavy atom. The normalized spacial score (nSPS) is 18.5. The maximum absolute atomic E-state index is 7.62. The minimum Gasteiger partial charge on any atom is -0.401 e. The van der Waals surface area contributed by atoms with Gasteiger partial charge in [0.05, 0.1) is 12.7 Å². The second kappa shape index (κ2) is 10.4. The lowest BCUT2D eigenvalue weighted by Crippen LogP contribution is -2.74. The standard InChI is InChI=1S/C32H28O3Si2/c1-6-16-27(17-7-1)32-26-33-36(28-18-8-2-9-19-28,29-20-10-3-11-21-29)35-37(34-32,30-22-12-4-13-23-30)31-24-14-5-15-25-31/h1-25,32H,26H2. The van der Waals surface area contributed by atoms with Crippen LogP contribution < -0.4 is 20.7 Å². The SMILES string of the molecule is c1ccc(C2CO[Si](c3ccccc3)(c3ccccc3)O[Si](c3ccccc3)(c3ccccc3)O2)cc1. The molecule has 0 bridgehead atoms. The van der Waals surface area contributed by atoms with Crippen molar-refractivity contribution in [1.82, 2.24) is 0 Å². The van der Waals surface area contributed by atoms with Crippen LogP contribution in [0, 0.1) is 0 Å². The third-order valence-corrected chi connectivity index (χ3v) is 14.7. The summed E-state index contributed by atoms with van der Waals surface area (Å²) in [6, 6.07) is 52.1. The minimum absolute atomic E-state index is 0.282. The molecule has 0 saturated carbocycles. The maximum Gasteiger partial charge on any atom is 0.399 e. The van der Waals surface area contributed by atoms with E-state index in [1.165, 1.54) is 0 Å². The van der Waals surface area contributed by atoms with Gasteiger partial charge >= 0.3 is 17.1 Å². The topological polar surface area (TPSA) is 27.7 Å². The van der Waals surface area contributed by atoms with E-state index in [0.29, 0.717) is 6.61 Å². The summed E-state index contributed by atoms with van der Waals surface area (Å²) in [5.41, 5.74) is 1.08. The largest absolute Gasteiger partial charge is 0.401 e. The van der Waals surface area contributed by atoms with Crippen molar-refractivity contribution >= 4 is 37.9 Å². The van der Waals surface area contributed by atoms with Crippen molar-refractivity contribution in [2.45, 2.75) is 6.10 Å². The Bertz CT molecular complexity index is 1340. The van der Waals surface area contributed by atoms with E-state index < -0.39 is 17.1 Å². The highest BCUT2D eigenvalue weighted by Crippen LogP contribution is 2.31. The van der Waals surface area contributed by atoms with E-state index in [0.717, 1.165) is 26.3 Å². The predicted molar refractivity (Wildman–Crippen MR) is 153 cm³/mol. The molecule has 1 unspecified atom stereocenters. The second-order valence-electron chi connectivity index (χ2n) is 9.13. The van der Waals surface area contributed by atoms with Gasteiger partial charge in [-0.3, -0.25) is 0 Å². The molecular formula is C32H28O3Si2. The van der Waals surface area contributed by atoms with Crippen LogP contribution in [0.3, 0.4) is 0 Å². The zero-order chi connectivity index (χ0) is 25.0. The van der Waals surface area contributed by atoms with E-state index in [1.807, 2.05) is 30.3 Å². The summed E-state index contributed by atoms with van der Waals surface area (Å²) in [5, 5.41) is 4.28. The lowest BCUT2D eigenvalue weighted by molar-refractivity contribution is 0.133. The fourth-order valence-corrected chi connectivity index (χ4v) is 13.7. The van der Waals surface area contributed by atoms with Gasteiger partial charge in [-0.25, -0.2) is 0 Å². The molecular weight excluding hydrogens is 489 g/mol. The Hall–Kier alpha value is -3.59. The molecule has 1 heterocycles. The first-order valence-corrected chi connectivity index (χ1v) is 16.2. The predicted octanol–water partition coefficient (Wildman–Crippen LogP) is 4.30. The highest BCUT2D eigenvalue weighted by atomic mass is 28.5. The number of hydrogen-bond donors (Lipinski definition) is 0. The van der Waals surface area contributed by atoms with Crippen molar-refractivity contribution in [3.8, 4) is 0 Å². The first-order valence-electron chi connectivity index (χ1n) is 12.6. The summed E-state index contributed by atoms with van der Waals surface area (Å²) >= 11 is 0. The van der Waals surface area contributed by atoms with Gasteiger partial charge in [-0.05, 0) is 26.3 Å². The van der Waals surface area contributed by atoms with Crippen LogP contribution >= 0.6 is 0 Å². The average molecular weight is 517 g/mol. The Kier molecular flexibility index (Phi) is 6.70. The van der Waals surface area contributed by atoms with Gasteiger partial charge in [0.2, 0.25) is 0 Å². The lowest BCUT2D eigenvalue weighted by Gasteiger charge is -2.38. The van der Waals surface area contributed by atoms with Gasteiger partial charge in [-0.1, -0.05) is 152 Å². The maximum atomic E-state index is 7.62. The summed E-state index contributed by atoms with van der Waals surface area (Å²) in [5.74, 6) is 0. The summed E-state index contributed by atoms with van der Waals surface area (Å²) in [6.07, 6.45) is -0.282. The molecule has 6 rings (SSSR count). The molecule has 1 fully saturated rings. The van der Waals surface area contributed by atoms with Gasteiger partial charge in [-0.15, -0.1) is 0 Å². The van der Waals surface area contributed by atoms with E-state index in [4.69, 9.17) is 13.0 Å². The zero-order valence-electron chi connectivity index (χ0n) is 20.4.